The summed E-state index contributed by atoms with van der Waals surface area (Å²) in [4.78, 5) is 29.1. The zero-order chi connectivity index (χ0) is 20.8. The molecule has 29 heavy (non-hydrogen) atoms. The summed E-state index contributed by atoms with van der Waals surface area (Å²) in [6.45, 7) is 6.37. The van der Waals surface area contributed by atoms with Crippen LogP contribution in [0.4, 0.5) is 4.39 Å². The van der Waals surface area contributed by atoms with Gasteiger partial charge in [0.1, 0.15) is 5.82 Å². The van der Waals surface area contributed by atoms with Crippen LogP contribution in [0, 0.1) is 5.82 Å². The Balaban J connectivity index is 1.47. The zero-order valence-corrected chi connectivity index (χ0v) is 17.0. The van der Waals surface area contributed by atoms with Gasteiger partial charge in [0.25, 0.3) is 0 Å². The molecule has 1 saturated heterocycles. The predicted octanol–water partition coefficient (Wildman–Crippen LogP) is 2.78. The number of hydrogen-bond acceptors (Lipinski definition) is 3. The Hall–Kier alpha value is -2.73. The molecule has 2 atom stereocenters. The number of hydrogen-bond donors (Lipinski definition) is 1. The summed E-state index contributed by atoms with van der Waals surface area (Å²) in [6, 6.07) is 15.6. The number of piperazine rings is 1. The van der Waals surface area contributed by atoms with Gasteiger partial charge in [-0.05, 0) is 37.1 Å². The monoisotopic (exact) mass is 397 g/mol. The van der Waals surface area contributed by atoms with Crippen LogP contribution in [-0.2, 0) is 16.0 Å². The first-order valence-electron chi connectivity index (χ1n) is 10.1. The molecule has 2 amide bonds. The van der Waals surface area contributed by atoms with E-state index in [1.807, 2.05) is 49.1 Å². The van der Waals surface area contributed by atoms with Crippen LogP contribution in [0.1, 0.15) is 31.0 Å². The highest BCUT2D eigenvalue weighted by atomic mass is 19.1. The number of carbonyl (C=O) groups is 2. The van der Waals surface area contributed by atoms with E-state index >= 15 is 0 Å². The maximum Gasteiger partial charge on any atom is 0.237 e. The number of carbonyl (C=O) groups excluding carboxylic acids is 2. The van der Waals surface area contributed by atoms with Gasteiger partial charge in [0, 0.05) is 26.2 Å². The lowest BCUT2D eigenvalue weighted by Crippen LogP contribution is -2.55. The van der Waals surface area contributed by atoms with Crippen LogP contribution in [0.5, 0.6) is 0 Å². The van der Waals surface area contributed by atoms with Crippen molar-refractivity contribution in [2.75, 3.05) is 26.2 Å². The number of rotatable bonds is 6. The maximum atomic E-state index is 13.0. The van der Waals surface area contributed by atoms with Crippen molar-refractivity contribution in [3.05, 3.63) is 71.5 Å². The van der Waals surface area contributed by atoms with E-state index in [0.717, 1.165) is 11.1 Å². The average molecular weight is 397 g/mol. The summed E-state index contributed by atoms with van der Waals surface area (Å²) in [5, 5.41) is 3.07. The zero-order valence-electron chi connectivity index (χ0n) is 17.0. The second kappa shape index (κ2) is 9.65. The first kappa shape index (κ1) is 21.0. The Kier molecular flexibility index (Phi) is 6.99. The van der Waals surface area contributed by atoms with Crippen LogP contribution >= 0.6 is 0 Å². The molecule has 0 bridgehead atoms. The van der Waals surface area contributed by atoms with E-state index in [0.29, 0.717) is 26.2 Å². The molecule has 2 unspecified atom stereocenters. The van der Waals surface area contributed by atoms with Crippen LogP contribution in [-0.4, -0.2) is 53.8 Å². The lowest BCUT2D eigenvalue weighted by atomic mass is 10.1. The number of halogens is 1. The molecule has 1 heterocycles. The largest absolute Gasteiger partial charge is 0.348 e. The van der Waals surface area contributed by atoms with Crippen LogP contribution in [0.25, 0.3) is 0 Å². The van der Waals surface area contributed by atoms with Crippen molar-refractivity contribution in [3.63, 3.8) is 0 Å². The lowest BCUT2D eigenvalue weighted by molar-refractivity contribution is -0.133. The molecule has 3 rings (SSSR count). The third-order valence-corrected chi connectivity index (χ3v) is 5.52. The topological polar surface area (TPSA) is 52.7 Å². The second-order valence-corrected chi connectivity index (χ2v) is 7.54. The molecule has 0 saturated carbocycles. The first-order chi connectivity index (χ1) is 13.9. The van der Waals surface area contributed by atoms with Crippen molar-refractivity contribution in [1.29, 1.82) is 0 Å². The van der Waals surface area contributed by atoms with Gasteiger partial charge in [0.05, 0.1) is 18.5 Å². The summed E-state index contributed by atoms with van der Waals surface area (Å²) >= 11 is 0. The lowest BCUT2D eigenvalue weighted by Gasteiger charge is -2.37. The number of benzene rings is 2. The highest BCUT2D eigenvalue weighted by molar-refractivity contribution is 5.82. The quantitative estimate of drug-likeness (QED) is 0.816. The van der Waals surface area contributed by atoms with Gasteiger partial charge in [-0.15, -0.1) is 0 Å². The molecular weight excluding hydrogens is 369 g/mol. The Morgan fingerprint density at radius 1 is 0.966 bits per heavy atom. The molecule has 0 aliphatic carbocycles. The molecule has 0 radical (unpaired) electrons. The van der Waals surface area contributed by atoms with Crippen LogP contribution in [0.3, 0.4) is 0 Å². The Bertz CT molecular complexity index is 818. The summed E-state index contributed by atoms with van der Waals surface area (Å²) in [5.41, 5.74) is 1.88. The van der Waals surface area contributed by atoms with Gasteiger partial charge in [0.15, 0.2) is 0 Å². The molecular formula is C23H28FN3O2. The highest BCUT2D eigenvalue weighted by Crippen LogP contribution is 2.14. The first-order valence-corrected chi connectivity index (χ1v) is 10.1. The summed E-state index contributed by atoms with van der Waals surface area (Å²) in [7, 11) is 0. The smallest absolute Gasteiger partial charge is 0.237 e. The molecule has 0 spiro atoms. The normalized spacial score (nSPS) is 16.9. The molecule has 154 valence electrons. The van der Waals surface area contributed by atoms with Gasteiger partial charge in [-0.3, -0.25) is 14.5 Å². The molecule has 2 aromatic carbocycles. The third kappa shape index (κ3) is 5.64. The van der Waals surface area contributed by atoms with Gasteiger partial charge < -0.3 is 10.2 Å². The van der Waals surface area contributed by atoms with Crippen LogP contribution in [0.2, 0.25) is 0 Å². The molecule has 6 heteroatoms. The number of nitrogens with one attached hydrogen (secondary N) is 1. The molecule has 2 aromatic rings. The van der Waals surface area contributed by atoms with E-state index in [1.165, 1.54) is 12.1 Å². The van der Waals surface area contributed by atoms with Crippen molar-refractivity contribution in [3.8, 4) is 0 Å². The fourth-order valence-electron chi connectivity index (χ4n) is 3.57. The summed E-state index contributed by atoms with van der Waals surface area (Å²) in [6.07, 6.45) is 0.269. The molecule has 1 aliphatic heterocycles. The predicted molar refractivity (Wildman–Crippen MR) is 111 cm³/mol. The van der Waals surface area contributed by atoms with Gasteiger partial charge in [-0.1, -0.05) is 42.5 Å². The standard InChI is InChI=1S/C23H28FN3O2/c1-17(20-6-4-3-5-7-20)25-23(29)18(2)26-12-14-27(15-13-26)22(28)16-19-8-10-21(24)11-9-19/h3-11,17-18H,12-16H2,1-2H3,(H,25,29). The molecule has 1 N–H and O–H groups in total. The highest BCUT2D eigenvalue weighted by Gasteiger charge is 2.28. The maximum absolute atomic E-state index is 13.0. The SMILES string of the molecule is CC(NC(=O)C(C)N1CCN(C(=O)Cc2ccc(F)cc2)CC1)c1ccccc1. The van der Waals surface area contributed by atoms with Crippen molar-refractivity contribution >= 4 is 11.8 Å². The van der Waals surface area contributed by atoms with Crippen LogP contribution < -0.4 is 5.32 Å². The van der Waals surface area contributed by atoms with Gasteiger partial charge in [0.2, 0.25) is 11.8 Å². The van der Waals surface area contributed by atoms with Gasteiger partial charge in [-0.2, -0.15) is 0 Å². The minimum absolute atomic E-state index is 0.00700. The fourth-order valence-corrected chi connectivity index (χ4v) is 3.57. The van der Waals surface area contributed by atoms with Crippen molar-refractivity contribution < 1.29 is 14.0 Å². The summed E-state index contributed by atoms with van der Waals surface area (Å²) < 4.78 is 13.0. The Morgan fingerprint density at radius 2 is 1.59 bits per heavy atom. The van der Waals surface area contributed by atoms with Gasteiger partial charge >= 0.3 is 0 Å². The van der Waals surface area contributed by atoms with E-state index in [-0.39, 0.29) is 36.1 Å². The van der Waals surface area contributed by atoms with E-state index in [9.17, 15) is 14.0 Å². The molecule has 5 nitrogen and oxygen atoms in total. The minimum atomic E-state index is -0.302. The van der Waals surface area contributed by atoms with Crippen molar-refractivity contribution in [2.24, 2.45) is 0 Å². The van der Waals surface area contributed by atoms with E-state index in [4.69, 9.17) is 0 Å². The minimum Gasteiger partial charge on any atom is -0.348 e. The third-order valence-electron chi connectivity index (χ3n) is 5.52. The van der Waals surface area contributed by atoms with E-state index in [1.54, 1.807) is 12.1 Å². The van der Waals surface area contributed by atoms with E-state index in [2.05, 4.69) is 10.2 Å². The number of amides is 2. The second-order valence-electron chi connectivity index (χ2n) is 7.54. The summed E-state index contributed by atoms with van der Waals surface area (Å²) in [5.74, 6) is -0.276. The average Bonchev–Trinajstić information content (AvgIpc) is 2.75. The number of nitrogens with zero attached hydrogens (tertiary/aromatic N) is 2. The van der Waals surface area contributed by atoms with Crippen LogP contribution in [0.15, 0.2) is 54.6 Å². The van der Waals surface area contributed by atoms with E-state index < -0.39 is 0 Å². The molecule has 1 fully saturated rings. The Labute approximate surface area is 171 Å². The fraction of sp³-hybridized carbons (Fsp3) is 0.391. The molecule has 0 aromatic heterocycles. The van der Waals surface area contributed by atoms with Gasteiger partial charge in [-0.25, -0.2) is 4.39 Å². The Morgan fingerprint density at radius 3 is 2.21 bits per heavy atom. The molecule has 1 aliphatic rings. The van der Waals surface area contributed by atoms with Crippen molar-refractivity contribution in [2.45, 2.75) is 32.4 Å². The van der Waals surface area contributed by atoms with Crippen molar-refractivity contribution in [1.82, 2.24) is 15.1 Å².